The molecule has 0 saturated carbocycles. The Balaban J connectivity index is 1.85. The Morgan fingerprint density at radius 3 is 3.17 bits per heavy atom. The van der Waals surface area contributed by atoms with E-state index in [4.69, 9.17) is 0 Å². The van der Waals surface area contributed by atoms with E-state index >= 15 is 0 Å². The summed E-state index contributed by atoms with van der Waals surface area (Å²) in [5, 5.41) is 3.39. The topological polar surface area (TPSA) is 27.6 Å². The number of hydrogen-bond donors (Lipinski definition) is 1. The summed E-state index contributed by atoms with van der Waals surface area (Å²) in [7, 11) is 2.15. The molecule has 3 nitrogen and oxygen atoms in total. The fraction of sp³-hybridized carbons (Fsp3) is 0.889. The third-order valence-corrected chi connectivity index (χ3v) is 2.80. The van der Waals surface area contributed by atoms with Gasteiger partial charge in [0.1, 0.15) is 0 Å². The lowest BCUT2D eigenvalue weighted by atomic mass is 10.0. The summed E-state index contributed by atoms with van der Waals surface area (Å²) >= 11 is 0. The molecule has 1 fully saturated rings. The van der Waals surface area contributed by atoms with Crippen molar-refractivity contribution in [2.24, 2.45) is 10.9 Å². The van der Waals surface area contributed by atoms with E-state index in [0.29, 0.717) is 0 Å². The summed E-state index contributed by atoms with van der Waals surface area (Å²) in [5.41, 5.74) is 0. The minimum atomic E-state index is 0.837. The molecule has 68 valence electrons. The lowest BCUT2D eigenvalue weighted by Crippen LogP contribution is -2.25. The molecule has 0 aromatic carbocycles. The van der Waals surface area contributed by atoms with Gasteiger partial charge in [-0.3, -0.25) is 4.99 Å². The molecule has 3 heteroatoms. The van der Waals surface area contributed by atoms with Gasteiger partial charge in [0.15, 0.2) is 0 Å². The van der Waals surface area contributed by atoms with E-state index in [-0.39, 0.29) is 0 Å². The Morgan fingerprint density at radius 1 is 1.67 bits per heavy atom. The highest BCUT2D eigenvalue weighted by Gasteiger charge is 2.20. The first kappa shape index (κ1) is 8.05. The number of rotatable bonds is 2. The minimum Gasteiger partial charge on any atom is -0.362 e. The molecule has 12 heavy (non-hydrogen) atoms. The van der Waals surface area contributed by atoms with Crippen LogP contribution in [0.4, 0.5) is 0 Å². The van der Waals surface area contributed by atoms with E-state index in [1.54, 1.807) is 0 Å². The lowest BCUT2D eigenvalue weighted by molar-refractivity contribution is 0.514. The van der Waals surface area contributed by atoms with Crippen molar-refractivity contribution in [3.05, 3.63) is 0 Å². The molecule has 1 N–H and O–H groups in total. The molecular formula is C9H17N3. The molecule has 2 aliphatic heterocycles. The van der Waals surface area contributed by atoms with Crippen LogP contribution in [-0.4, -0.2) is 44.0 Å². The molecule has 1 atom stereocenters. The van der Waals surface area contributed by atoms with Crippen LogP contribution in [0.5, 0.6) is 0 Å². The van der Waals surface area contributed by atoms with Crippen LogP contribution in [0.25, 0.3) is 0 Å². The summed E-state index contributed by atoms with van der Waals surface area (Å²) < 4.78 is 0. The molecule has 0 radical (unpaired) electrons. The Kier molecular flexibility index (Phi) is 2.30. The van der Waals surface area contributed by atoms with Crippen LogP contribution >= 0.6 is 0 Å². The van der Waals surface area contributed by atoms with Crippen molar-refractivity contribution >= 4 is 5.84 Å². The molecule has 0 bridgehead atoms. The second-order valence-electron chi connectivity index (χ2n) is 3.78. The van der Waals surface area contributed by atoms with Crippen molar-refractivity contribution < 1.29 is 0 Å². The Hall–Kier alpha value is -0.570. The molecule has 0 aromatic rings. The van der Waals surface area contributed by atoms with Crippen LogP contribution in [-0.2, 0) is 0 Å². The van der Waals surface area contributed by atoms with Crippen LogP contribution in [0.1, 0.15) is 12.8 Å². The molecule has 2 aliphatic rings. The van der Waals surface area contributed by atoms with Crippen LogP contribution in [0.2, 0.25) is 0 Å². The van der Waals surface area contributed by atoms with Gasteiger partial charge in [-0.1, -0.05) is 0 Å². The maximum absolute atomic E-state index is 4.50. The highest BCUT2D eigenvalue weighted by atomic mass is 15.2. The maximum Gasteiger partial charge on any atom is 0.0991 e. The maximum atomic E-state index is 4.50. The van der Waals surface area contributed by atoms with Crippen molar-refractivity contribution in [2.75, 3.05) is 33.2 Å². The minimum absolute atomic E-state index is 0.837. The van der Waals surface area contributed by atoms with E-state index in [1.165, 1.54) is 31.8 Å². The number of nitrogens with zero attached hydrogens (tertiary/aromatic N) is 2. The number of likely N-dealkylation sites (N-methyl/N-ethyl adjacent to an activating group) is 1. The normalized spacial score (nSPS) is 29.6. The van der Waals surface area contributed by atoms with E-state index in [0.717, 1.165) is 19.0 Å². The predicted molar refractivity (Wildman–Crippen MR) is 50.5 cm³/mol. The lowest BCUT2D eigenvalue weighted by Gasteiger charge is -2.16. The van der Waals surface area contributed by atoms with E-state index in [9.17, 15) is 0 Å². The van der Waals surface area contributed by atoms with Gasteiger partial charge >= 0.3 is 0 Å². The monoisotopic (exact) mass is 167 g/mol. The average Bonchev–Trinajstić information content (AvgIpc) is 2.65. The number of amidine groups is 1. The molecule has 0 amide bonds. The molecule has 1 unspecified atom stereocenters. The Labute approximate surface area is 73.9 Å². The molecule has 0 spiro atoms. The van der Waals surface area contributed by atoms with Gasteiger partial charge in [-0.05, 0) is 25.4 Å². The number of aliphatic imine (C=N–C) groups is 1. The highest BCUT2D eigenvalue weighted by Crippen LogP contribution is 2.15. The highest BCUT2D eigenvalue weighted by molar-refractivity contribution is 5.83. The summed E-state index contributed by atoms with van der Waals surface area (Å²) in [6.07, 6.45) is 2.51. The zero-order valence-corrected chi connectivity index (χ0v) is 7.71. The SMILES string of the molecule is CN1CCN=C1CC1CCNC1. The van der Waals surface area contributed by atoms with Crippen LogP contribution in [0.15, 0.2) is 4.99 Å². The van der Waals surface area contributed by atoms with Crippen molar-refractivity contribution in [1.29, 1.82) is 0 Å². The van der Waals surface area contributed by atoms with E-state index < -0.39 is 0 Å². The average molecular weight is 167 g/mol. The Bertz CT molecular complexity index is 182. The van der Waals surface area contributed by atoms with Crippen molar-refractivity contribution in [1.82, 2.24) is 10.2 Å². The first-order valence-corrected chi connectivity index (χ1v) is 4.81. The van der Waals surface area contributed by atoms with Crippen molar-refractivity contribution in [3.8, 4) is 0 Å². The fourth-order valence-electron chi connectivity index (χ4n) is 1.95. The molecule has 0 aromatic heterocycles. The van der Waals surface area contributed by atoms with Gasteiger partial charge in [-0.25, -0.2) is 0 Å². The quantitative estimate of drug-likeness (QED) is 0.642. The third-order valence-electron chi connectivity index (χ3n) is 2.80. The van der Waals surface area contributed by atoms with Gasteiger partial charge in [0.2, 0.25) is 0 Å². The molecule has 1 saturated heterocycles. The largest absolute Gasteiger partial charge is 0.362 e. The summed E-state index contributed by atoms with van der Waals surface area (Å²) in [6.45, 7) is 4.51. The first-order valence-electron chi connectivity index (χ1n) is 4.81. The van der Waals surface area contributed by atoms with Gasteiger partial charge in [-0.2, -0.15) is 0 Å². The van der Waals surface area contributed by atoms with Crippen molar-refractivity contribution in [3.63, 3.8) is 0 Å². The second-order valence-corrected chi connectivity index (χ2v) is 3.78. The zero-order valence-electron chi connectivity index (χ0n) is 7.71. The van der Waals surface area contributed by atoms with Crippen molar-refractivity contribution in [2.45, 2.75) is 12.8 Å². The zero-order chi connectivity index (χ0) is 8.39. The summed E-state index contributed by atoms with van der Waals surface area (Å²) in [6, 6.07) is 0. The van der Waals surface area contributed by atoms with Gasteiger partial charge in [-0.15, -0.1) is 0 Å². The van der Waals surface area contributed by atoms with E-state index in [1.807, 2.05) is 0 Å². The molecule has 2 heterocycles. The molecule has 2 rings (SSSR count). The van der Waals surface area contributed by atoms with Gasteiger partial charge in [0.25, 0.3) is 0 Å². The smallest absolute Gasteiger partial charge is 0.0991 e. The predicted octanol–water partition coefficient (Wildman–Crippen LogP) is 0.330. The third kappa shape index (κ3) is 1.61. The van der Waals surface area contributed by atoms with Gasteiger partial charge < -0.3 is 10.2 Å². The van der Waals surface area contributed by atoms with Crippen LogP contribution < -0.4 is 5.32 Å². The first-order chi connectivity index (χ1) is 5.86. The fourth-order valence-corrected chi connectivity index (χ4v) is 1.95. The second kappa shape index (κ2) is 3.44. The summed E-state index contributed by atoms with van der Waals surface area (Å²) in [5.74, 6) is 2.16. The summed E-state index contributed by atoms with van der Waals surface area (Å²) in [4.78, 5) is 6.78. The Morgan fingerprint density at radius 2 is 2.58 bits per heavy atom. The van der Waals surface area contributed by atoms with E-state index in [2.05, 4.69) is 22.3 Å². The molecule has 0 aliphatic carbocycles. The van der Waals surface area contributed by atoms with Gasteiger partial charge in [0, 0.05) is 20.0 Å². The number of hydrogen-bond acceptors (Lipinski definition) is 3. The van der Waals surface area contributed by atoms with Gasteiger partial charge in [0.05, 0.1) is 12.4 Å². The standard InChI is InChI=1S/C9H17N3/c1-12-5-4-11-9(12)6-8-2-3-10-7-8/h8,10H,2-7H2,1H3. The number of nitrogens with one attached hydrogen (secondary N) is 1. The molecular weight excluding hydrogens is 150 g/mol. The van der Waals surface area contributed by atoms with Crippen LogP contribution in [0, 0.1) is 5.92 Å². The van der Waals surface area contributed by atoms with Crippen LogP contribution in [0.3, 0.4) is 0 Å².